The number of rotatable bonds is 5. The molecule has 2 N–H and O–H groups in total. The molecule has 3 heteroatoms. The summed E-state index contributed by atoms with van der Waals surface area (Å²) in [5.74, 6) is -0.376. The first-order chi connectivity index (χ1) is 5.97. The number of aliphatic hydroxyl groups is 1. The van der Waals surface area contributed by atoms with Gasteiger partial charge in [-0.2, -0.15) is 0 Å². The monoisotopic (exact) mass is 186 g/mol. The normalized spacial score (nSPS) is 23.6. The van der Waals surface area contributed by atoms with Gasteiger partial charge < -0.3 is 10.2 Å². The molecule has 0 aromatic rings. The second-order valence-corrected chi connectivity index (χ2v) is 4.38. The lowest BCUT2D eigenvalue weighted by Crippen LogP contribution is -2.30. The number of hydrogen-bond acceptors (Lipinski definition) is 2. The van der Waals surface area contributed by atoms with Gasteiger partial charge in [-0.1, -0.05) is 0 Å². The smallest absolute Gasteiger partial charge is 0.309 e. The first-order valence-corrected chi connectivity index (χ1v) is 4.88. The molecule has 0 aliphatic heterocycles. The Balaban J connectivity index is 2.51. The van der Waals surface area contributed by atoms with E-state index in [4.69, 9.17) is 10.2 Å². The molecule has 0 amide bonds. The van der Waals surface area contributed by atoms with E-state index in [1.54, 1.807) is 13.8 Å². The summed E-state index contributed by atoms with van der Waals surface area (Å²) < 4.78 is 0. The summed E-state index contributed by atoms with van der Waals surface area (Å²) in [5.41, 5.74) is -0.600. The van der Waals surface area contributed by atoms with Gasteiger partial charge in [0.05, 0.1) is 11.5 Å². The third-order valence-electron chi connectivity index (χ3n) is 3.05. The van der Waals surface area contributed by atoms with Gasteiger partial charge in [-0.15, -0.1) is 0 Å². The van der Waals surface area contributed by atoms with Crippen LogP contribution in [0.4, 0.5) is 0 Å². The number of aliphatic hydroxyl groups excluding tert-OH is 1. The third kappa shape index (κ3) is 2.44. The molecule has 1 rings (SSSR count). The number of carbonyl (C=O) groups is 1. The fourth-order valence-corrected chi connectivity index (χ4v) is 1.71. The molecule has 0 aromatic carbocycles. The summed E-state index contributed by atoms with van der Waals surface area (Å²) in [5, 5.41) is 18.2. The molecule has 2 atom stereocenters. The van der Waals surface area contributed by atoms with Crippen LogP contribution in [0.2, 0.25) is 0 Å². The van der Waals surface area contributed by atoms with Crippen LogP contribution in [0.5, 0.6) is 0 Å². The van der Waals surface area contributed by atoms with Gasteiger partial charge >= 0.3 is 5.97 Å². The summed E-state index contributed by atoms with van der Waals surface area (Å²) in [6, 6.07) is 0. The molecule has 1 fully saturated rings. The van der Waals surface area contributed by atoms with E-state index in [0.717, 1.165) is 12.8 Å². The van der Waals surface area contributed by atoms with E-state index in [9.17, 15) is 4.79 Å². The van der Waals surface area contributed by atoms with Gasteiger partial charge in [0, 0.05) is 0 Å². The van der Waals surface area contributed by atoms with E-state index in [1.165, 1.54) is 0 Å². The standard InChI is InChI=1S/C10H18O3/c1-7(11)5-6-10(2,9(12)13)8-3-4-8/h7-8,11H,3-6H2,1-2H3,(H,12,13). The van der Waals surface area contributed by atoms with Gasteiger partial charge in [0.15, 0.2) is 0 Å². The highest BCUT2D eigenvalue weighted by molar-refractivity contribution is 5.75. The Morgan fingerprint density at radius 3 is 2.46 bits per heavy atom. The lowest BCUT2D eigenvalue weighted by Gasteiger charge is -2.24. The summed E-state index contributed by atoms with van der Waals surface area (Å²) in [4.78, 5) is 11.0. The third-order valence-corrected chi connectivity index (χ3v) is 3.05. The van der Waals surface area contributed by atoms with Crippen molar-refractivity contribution in [3.63, 3.8) is 0 Å². The molecule has 1 aliphatic carbocycles. The van der Waals surface area contributed by atoms with Crippen LogP contribution in [0, 0.1) is 11.3 Å². The predicted molar refractivity (Wildman–Crippen MR) is 49.4 cm³/mol. The van der Waals surface area contributed by atoms with Crippen LogP contribution in [0.15, 0.2) is 0 Å². The van der Waals surface area contributed by atoms with Crippen LogP contribution >= 0.6 is 0 Å². The Bertz CT molecular complexity index is 196. The molecule has 1 saturated carbocycles. The molecule has 3 nitrogen and oxygen atoms in total. The Morgan fingerprint density at radius 2 is 2.15 bits per heavy atom. The van der Waals surface area contributed by atoms with Crippen molar-refractivity contribution in [2.24, 2.45) is 11.3 Å². The van der Waals surface area contributed by atoms with Gasteiger partial charge in [0.1, 0.15) is 0 Å². The van der Waals surface area contributed by atoms with Gasteiger partial charge in [0.2, 0.25) is 0 Å². The zero-order valence-corrected chi connectivity index (χ0v) is 8.29. The molecule has 2 unspecified atom stereocenters. The first kappa shape index (κ1) is 10.5. The fraction of sp³-hybridized carbons (Fsp3) is 0.900. The van der Waals surface area contributed by atoms with Crippen LogP contribution < -0.4 is 0 Å². The molecule has 0 saturated heterocycles. The van der Waals surface area contributed by atoms with E-state index in [1.807, 2.05) is 0 Å². The molecular weight excluding hydrogens is 168 g/mol. The zero-order chi connectivity index (χ0) is 10.1. The van der Waals surface area contributed by atoms with Crippen LogP contribution in [-0.2, 0) is 4.79 Å². The van der Waals surface area contributed by atoms with Crippen molar-refractivity contribution < 1.29 is 15.0 Å². The second-order valence-electron chi connectivity index (χ2n) is 4.38. The molecule has 0 bridgehead atoms. The fourth-order valence-electron chi connectivity index (χ4n) is 1.71. The van der Waals surface area contributed by atoms with Crippen molar-refractivity contribution in [3.05, 3.63) is 0 Å². The van der Waals surface area contributed by atoms with Crippen molar-refractivity contribution in [1.29, 1.82) is 0 Å². The van der Waals surface area contributed by atoms with Crippen LogP contribution in [-0.4, -0.2) is 22.3 Å². The Morgan fingerprint density at radius 1 is 1.62 bits per heavy atom. The summed E-state index contributed by atoms with van der Waals surface area (Å²) in [7, 11) is 0. The maximum Gasteiger partial charge on any atom is 0.309 e. The van der Waals surface area contributed by atoms with Crippen LogP contribution in [0.1, 0.15) is 39.5 Å². The highest BCUT2D eigenvalue weighted by atomic mass is 16.4. The van der Waals surface area contributed by atoms with Gasteiger partial charge in [-0.3, -0.25) is 4.79 Å². The second kappa shape index (κ2) is 3.66. The Kier molecular flexibility index (Phi) is 2.96. The minimum Gasteiger partial charge on any atom is -0.481 e. The van der Waals surface area contributed by atoms with Gasteiger partial charge in [-0.25, -0.2) is 0 Å². The average molecular weight is 186 g/mol. The van der Waals surface area contributed by atoms with Crippen LogP contribution in [0.3, 0.4) is 0 Å². The van der Waals surface area contributed by atoms with E-state index in [2.05, 4.69) is 0 Å². The highest BCUT2D eigenvalue weighted by Gasteiger charge is 2.46. The largest absolute Gasteiger partial charge is 0.481 e. The SMILES string of the molecule is CC(O)CCC(C)(C(=O)O)C1CC1. The van der Waals surface area contributed by atoms with Crippen molar-refractivity contribution in [2.75, 3.05) is 0 Å². The number of hydrogen-bond donors (Lipinski definition) is 2. The van der Waals surface area contributed by atoms with E-state index in [-0.39, 0.29) is 0 Å². The number of aliphatic carboxylic acids is 1. The quantitative estimate of drug-likeness (QED) is 0.686. The Hall–Kier alpha value is -0.570. The molecule has 76 valence electrons. The molecule has 0 radical (unpaired) electrons. The summed E-state index contributed by atoms with van der Waals surface area (Å²) in [6.45, 7) is 3.50. The van der Waals surface area contributed by atoms with Gasteiger partial charge in [0.25, 0.3) is 0 Å². The topological polar surface area (TPSA) is 57.5 Å². The summed E-state index contributed by atoms with van der Waals surface area (Å²) >= 11 is 0. The maximum atomic E-state index is 11.0. The lowest BCUT2D eigenvalue weighted by atomic mass is 9.80. The average Bonchev–Trinajstić information content (AvgIpc) is 2.81. The number of carboxylic acid groups (broad SMARTS) is 1. The molecule has 1 aliphatic rings. The minimum atomic E-state index is -0.712. The van der Waals surface area contributed by atoms with Gasteiger partial charge in [-0.05, 0) is 45.4 Å². The van der Waals surface area contributed by atoms with Crippen molar-refractivity contribution in [1.82, 2.24) is 0 Å². The molecule has 13 heavy (non-hydrogen) atoms. The molecular formula is C10H18O3. The van der Waals surface area contributed by atoms with Crippen LogP contribution in [0.25, 0.3) is 0 Å². The number of carboxylic acids is 1. The Labute approximate surface area is 78.8 Å². The van der Waals surface area contributed by atoms with Crippen molar-refractivity contribution in [2.45, 2.75) is 45.6 Å². The maximum absolute atomic E-state index is 11.0. The molecule has 0 spiro atoms. The van der Waals surface area contributed by atoms with Crippen molar-refractivity contribution in [3.8, 4) is 0 Å². The molecule has 0 heterocycles. The first-order valence-electron chi connectivity index (χ1n) is 4.88. The van der Waals surface area contributed by atoms with E-state index < -0.39 is 17.5 Å². The predicted octanol–water partition coefficient (Wildman–Crippen LogP) is 1.65. The highest BCUT2D eigenvalue weighted by Crippen LogP contribution is 2.48. The lowest BCUT2D eigenvalue weighted by molar-refractivity contribution is -0.150. The zero-order valence-electron chi connectivity index (χ0n) is 8.29. The molecule has 0 aromatic heterocycles. The van der Waals surface area contributed by atoms with E-state index >= 15 is 0 Å². The van der Waals surface area contributed by atoms with E-state index in [0.29, 0.717) is 18.8 Å². The summed E-state index contributed by atoms with van der Waals surface area (Å²) in [6.07, 6.45) is 2.84. The van der Waals surface area contributed by atoms with Crippen molar-refractivity contribution >= 4 is 5.97 Å². The minimum absolute atomic E-state index is 0.337.